The molecular weight excluding hydrogens is 216 g/mol. The lowest BCUT2D eigenvalue weighted by molar-refractivity contribution is 0.0953. The molecule has 0 fully saturated rings. The van der Waals surface area contributed by atoms with Crippen LogP contribution >= 0.6 is 0 Å². The number of aromatic nitrogens is 2. The van der Waals surface area contributed by atoms with Crippen LogP contribution in [0.3, 0.4) is 0 Å². The highest BCUT2D eigenvalue weighted by Gasteiger charge is 2.10. The normalized spacial score (nSPS) is 15.5. The molecule has 1 amide bonds. The van der Waals surface area contributed by atoms with Crippen LogP contribution in [0.25, 0.3) is 0 Å². The molecule has 0 saturated carbocycles. The zero-order chi connectivity index (χ0) is 12.1. The number of H-pyrrole nitrogens is 1. The molecule has 0 aliphatic carbocycles. The third-order valence-electron chi connectivity index (χ3n) is 2.96. The highest BCUT2D eigenvalue weighted by Crippen LogP contribution is 2.08. The summed E-state index contributed by atoms with van der Waals surface area (Å²) >= 11 is 0. The van der Waals surface area contributed by atoms with Crippen molar-refractivity contribution in [2.24, 2.45) is 0 Å². The molecule has 1 aliphatic heterocycles. The van der Waals surface area contributed by atoms with Crippen LogP contribution in [0.15, 0.2) is 17.8 Å². The second-order valence-electron chi connectivity index (χ2n) is 4.23. The van der Waals surface area contributed by atoms with Crippen LogP contribution in [0.1, 0.15) is 28.9 Å². The molecule has 1 aromatic rings. The summed E-state index contributed by atoms with van der Waals surface area (Å²) in [6.07, 6.45) is 5.79. The lowest BCUT2D eigenvalue weighted by Gasteiger charge is -2.14. The predicted molar refractivity (Wildman–Crippen MR) is 65.8 cm³/mol. The Balaban J connectivity index is 1.77. The van der Waals surface area contributed by atoms with E-state index in [9.17, 15) is 4.79 Å². The Kier molecular flexibility index (Phi) is 3.93. The van der Waals surface area contributed by atoms with Crippen LogP contribution in [0.2, 0.25) is 0 Å². The number of hydrogen-bond donors (Lipinski definition) is 3. The molecule has 0 unspecified atom stereocenters. The smallest absolute Gasteiger partial charge is 0.254 e. The molecular formula is C12H18N4O. The number of nitrogens with one attached hydrogen (secondary N) is 3. The predicted octanol–water partition coefficient (Wildman–Crippen LogP) is 0.758. The summed E-state index contributed by atoms with van der Waals surface area (Å²) in [6.45, 7) is 4.53. The monoisotopic (exact) mass is 234 g/mol. The van der Waals surface area contributed by atoms with Gasteiger partial charge in [-0.25, -0.2) is 0 Å². The summed E-state index contributed by atoms with van der Waals surface area (Å²) in [5.41, 5.74) is 2.86. The fourth-order valence-corrected chi connectivity index (χ4v) is 1.91. The average Bonchev–Trinajstić information content (AvgIpc) is 2.77. The second kappa shape index (κ2) is 5.63. The van der Waals surface area contributed by atoms with Crippen LogP contribution in [0.5, 0.6) is 0 Å². The van der Waals surface area contributed by atoms with Gasteiger partial charge in [0.2, 0.25) is 0 Å². The number of rotatable bonds is 4. The molecule has 5 nitrogen and oxygen atoms in total. The molecule has 0 radical (unpaired) electrons. The van der Waals surface area contributed by atoms with Gasteiger partial charge in [-0.1, -0.05) is 11.6 Å². The van der Waals surface area contributed by atoms with Gasteiger partial charge in [-0.15, -0.1) is 0 Å². The van der Waals surface area contributed by atoms with E-state index in [4.69, 9.17) is 0 Å². The lowest BCUT2D eigenvalue weighted by Crippen LogP contribution is -2.26. The molecule has 92 valence electrons. The van der Waals surface area contributed by atoms with Crippen molar-refractivity contribution < 1.29 is 4.79 Å². The van der Waals surface area contributed by atoms with Crippen molar-refractivity contribution in [2.45, 2.75) is 19.8 Å². The molecule has 5 heteroatoms. The van der Waals surface area contributed by atoms with Gasteiger partial charge in [0, 0.05) is 18.8 Å². The van der Waals surface area contributed by atoms with Gasteiger partial charge in [-0.3, -0.25) is 9.89 Å². The number of amides is 1. The van der Waals surface area contributed by atoms with Crippen molar-refractivity contribution in [2.75, 3.05) is 19.6 Å². The standard InChI is InChI=1S/C12H18N4O/c1-9-11(8-15-16-9)12(17)14-7-4-10-2-5-13-6-3-10/h2,8,13H,3-7H2,1H3,(H,14,17)(H,15,16). The highest BCUT2D eigenvalue weighted by atomic mass is 16.1. The summed E-state index contributed by atoms with van der Waals surface area (Å²) in [4.78, 5) is 11.8. The van der Waals surface area contributed by atoms with Crippen LogP contribution in [-0.4, -0.2) is 35.7 Å². The fraction of sp³-hybridized carbons (Fsp3) is 0.500. The maximum Gasteiger partial charge on any atom is 0.254 e. The summed E-state index contributed by atoms with van der Waals surface area (Å²) in [6, 6.07) is 0. The Morgan fingerprint density at radius 1 is 1.59 bits per heavy atom. The third kappa shape index (κ3) is 3.17. The van der Waals surface area contributed by atoms with Gasteiger partial charge in [0.05, 0.1) is 11.8 Å². The van der Waals surface area contributed by atoms with E-state index in [0.29, 0.717) is 12.1 Å². The number of carbonyl (C=O) groups excluding carboxylic acids is 1. The summed E-state index contributed by atoms with van der Waals surface area (Å²) in [5, 5.41) is 12.8. The number of carbonyl (C=O) groups is 1. The van der Waals surface area contributed by atoms with Crippen LogP contribution < -0.4 is 10.6 Å². The van der Waals surface area contributed by atoms with Gasteiger partial charge in [0.1, 0.15) is 0 Å². The molecule has 0 atom stereocenters. The molecule has 0 saturated heterocycles. The third-order valence-corrected chi connectivity index (χ3v) is 2.96. The first-order valence-corrected chi connectivity index (χ1v) is 5.94. The first kappa shape index (κ1) is 11.9. The Morgan fingerprint density at radius 3 is 3.12 bits per heavy atom. The quantitative estimate of drug-likeness (QED) is 0.674. The summed E-state index contributed by atoms with van der Waals surface area (Å²) < 4.78 is 0. The van der Waals surface area contributed by atoms with Gasteiger partial charge in [-0.05, 0) is 26.3 Å². The lowest BCUT2D eigenvalue weighted by atomic mass is 10.1. The van der Waals surface area contributed by atoms with Crippen molar-refractivity contribution in [1.29, 1.82) is 0 Å². The van der Waals surface area contributed by atoms with Gasteiger partial charge in [-0.2, -0.15) is 5.10 Å². The van der Waals surface area contributed by atoms with Crippen molar-refractivity contribution in [1.82, 2.24) is 20.8 Å². The maximum absolute atomic E-state index is 11.8. The van der Waals surface area contributed by atoms with Crippen molar-refractivity contribution in [3.8, 4) is 0 Å². The molecule has 0 aromatic carbocycles. The maximum atomic E-state index is 11.8. The molecule has 17 heavy (non-hydrogen) atoms. The van der Waals surface area contributed by atoms with E-state index in [0.717, 1.165) is 31.6 Å². The van der Waals surface area contributed by atoms with E-state index in [1.54, 1.807) is 6.20 Å². The van der Waals surface area contributed by atoms with Crippen LogP contribution in [0, 0.1) is 6.92 Å². The average molecular weight is 234 g/mol. The zero-order valence-electron chi connectivity index (χ0n) is 10.0. The van der Waals surface area contributed by atoms with E-state index < -0.39 is 0 Å². The van der Waals surface area contributed by atoms with Crippen molar-refractivity contribution in [3.63, 3.8) is 0 Å². The first-order valence-electron chi connectivity index (χ1n) is 5.94. The minimum atomic E-state index is -0.0502. The Hall–Kier alpha value is -1.62. The summed E-state index contributed by atoms with van der Waals surface area (Å²) in [7, 11) is 0. The fourth-order valence-electron chi connectivity index (χ4n) is 1.91. The van der Waals surface area contributed by atoms with E-state index >= 15 is 0 Å². The first-order chi connectivity index (χ1) is 8.27. The Labute approximate surface area is 101 Å². The minimum absolute atomic E-state index is 0.0502. The zero-order valence-corrected chi connectivity index (χ0v) is 10.0. The second-order valence-corrected chi connectivity index (χ2v) is 4.23. The molecule has 2 heterocycles. The molecule has 0 spiro atoms. The van der Waals surface area contributed by atoms with E-state index in [1.807, 2.05) is 6.92 Å². The number of aromatic amines is 1. The SMILES string of the molecule is Cc1[nH]ncc1C(=O)NCCC1=CCNCC1. The summed E-state index contributed by atoms with van der Waals surface area (Å²) in [5.74, 6) is -0.0502. The molecule has 0 bridgehead atoms. The number of aryl methyl sites for hydroxylation is 1. The van der Waals surface area contributed by atoms with Gasteiger partial charge >= 0.3 is 0 Å². The molecule has 1 aromatic heterocycles. The Morgan fingerprint density at radius 2 is 2.47 bits per heavy atom. The van der Waals surface area contributed by atoms with Gasteiger partial charge in [0.25, 0.3) is 5.91 Å². The largest absolute Gasteiger partial charge is 0.352 e. The van der Waals surface area contributed by atoms with Gasteiger partial charge in [0.15, 0.2) is 0 Å². The van der Waals surface area contributed by atoms with E-state index in [2.05, 4.69) is 26.9 Å². The molecule has 2 rings (SSSR count). The van der Waals surface area contributed by atoms with E-state index in [-0.39, 0.29) is 5.91 Å². The number of nitrogens with zero attached hydrogens (tertiary/aromatic N) is 1. The van der Waals surface area contributed by atoms with Crippen molar-refractivity contribution in [3.05, 3.63) is 29.1 Å². The van der Waals surface area contributed by atoms with E-state index in [1.165, 1.54) is 5.57 Å². The Bertz CT molecular complexity index is 422. The minimum Gasteiger partial charge on any atom is -0.352 e. The molecule has 1 aliphatic rings. The number of hydrogen-bond acceptors (Lipinski definition) is 3. The topological polar surface area (TPSA) is 69.8 Å². The van der Waals surface area contributed by atoms with Gasteiger partial charge < -0.3 is 10.6 Å². The van der Waals surface area contributed by atoms with Crippen LogP contribution in [0.4, 0.5) is 0 Å². The van der Waals surface area contributed by atoms with Crippen molar-refractivity contribution >= 4 is 5.91 Å². The molecule has 3 N–H and O–H groups in total. The van der Waals surface area contributed by atoms with Crippen LogP contribution in [-0.2, 0) is 0 Å². The highest BCUT2D eigenvalue weighted by molar-refractivity contribution is 5.94.